The lowest BCUT2D eigenvalue weighted by Gasteiger charge is -2.49. The van der Waals surface area contributed by atoms with E-state index in [0.29, 0.717) is 17.9 Å². The average Bonchev–Trinajstić information content (AvgIpc) is 2.33. The monoisotopic (exact) mass is 278 g/mol. The van der Waals surface area contributed by atoms with Crippen molar-refractivity contribution in [2.75, 3.05) is 6.61 Å². The third-order valence-electron chi connectivity index (χ3n) is 5.94. The summed E-state index contributed by atoms with van der Waals surface area (Å²) < 4.78 is 5.23. The molecule has 0 saturated carbocycles. The first-order valence-corrected chi connectivity index (χ1v) is 8.14. The zero-order valence-corrected chi connectivity index (χ0v) is 13.8. The molecule has 0 bridgehead atoms. The van der Waals surface area contributed by atoms with E-state index in [9.17, 15) is 4.79 Å². The van der Waals surface area contributed by atoms with E-state index in [0.717, 1.165) is 6.42 Å². The molecule has 2 aliphatic carbocycles. The Bertz CT molecular complexity index is 419. The van der Waals surface area contributed by atoms with Gasteiger partial charge in [-0.25, -0.2) is 0 Å². The Morgan fingerprint density at radius 2 is 1.95 bits per heavy atom. The third kappa shape index (κ3) is 2.80. The topological polar surface area (TPSA) is 26.3 Å². The molecule has 0 spiro atoms. The highest BCUT2D eigenvalue weighted by molar-refractivity contribution is 5.65. The Hall–Kier alpha value is -0.790. The van der Waals surface area contributed by atoms with Crippen LogP contribution in [0.4, 0.5) is 0 Å². The quantitative estimate of drug-likeness (QED) is 0.543. The Morgan fingerprint density at radius 1 is 1.25 bits per heavy atom. The van der Waals surface area contributed by atoms with Crippen LogP contribution in [-0.4, -0.2) is 12.6 Å². The molecule has 0 unspecified atom stereocenters. The molecule has 2 aliphatic rings. The van der Waals surface area contributed by atoms with Crippen LogP contribution in [0.5, 0.6) is 0 Å². The summed E-state index contributed by atoms with van der Waals surface area (Å²) in [6.45, 7) is 11.7. The summed E-state index contributed by atoms with van der Waals surface area (Å²) in [6.07, 6.45) is 7.40. The number of hydrogen-bond donors (Lipinski definition) is 0. The fraction of sp³-hybridized carbons (Fsp3) is 0.833. The van der Waals surface area contributed by atoms with Gasteiger partial charge >= 0.3 is 5.97 Å². The van der Waals surface area contributed by atoms with Crippen LogP contribution in [0.2, 0.25) is 0 Å². The first kappa shape index (κ1) is 15.6. The van der Waals surface area contributed by atoms with E-state index in [1.54, 1.807) is 11.1 Å². The van der Waals surface area contributed by atoms with E-state index < -0.39 is 0 Å². The second-order valence-electron chi connectivity index (χ2n) is 7.64. The zero-order chi connectivity index (χ0) is 15.0. The minimum absolute atomic E-state index is 0.157. The van der Waals surface area contributed by atoms with Gasteiger partial charge in [0.1, 0.15) is 0 Å². The number of ether oxygens (including phenoxy) is 1. The number of rotatable bonds is 3. The molecule has 0 saturated heterocycles. The SMILES string of the molecule is CC(=O)OCC[C@@]1(C)C2=C(CC[C@@H]1C)C(C)(C)CCC2. The minimum Gasteiger partial charge on any atom is -0.466 e. The molecule has 0 aromatic carbocycles. The van der Waals surface area contributed by atoms with Crippen LogP contribution in [-0.2, 0) is 9.53 Å². The molecule has 0 N–H and O–H groups in total. The van der Waals surface area contributed by atoms with E-state index in [2.05, 4.69) is 27.7 Å². The number of hydrogen-bond acceptors (Lipinski definition) is 2. The van der Waals surface area contributed by atoms with Crippen molar-refractivity contribution in [3.63, 3.8) is 0 Å². The number of esters is 1. The predicted octanol–water partition coefficient (Wildman–Crippen LogP) is 4.88. The molecule has 0 heterocycles. The van der Waals surface area contributed by atoms with E-state index in [-0.39, 0.29) is 11.4 Å². The summed E-state index contributed by atoms with van der Waals surface area (Å²) in [4.78, 5) is 11.0. The van der Waals surface area contributed by atoms with Crippen LogP contribution < -0.4 is 0 Å². The molecular weight excluding hydrogens is 248 g/mol. The molecule has 2 atom stereocenters. The van der Waals surface area contributed by atoms with Gasteiger partial charge in [0.2, 0.25) is 0 Å². The van der Waals surface area contributed by atoms with Gasteiger partial charge in [0.25, 0.3) is 0 Å². The second-order valence-corrected chi connectivity index (χ2v) is 7.64. The van der Waals surface area contributed by atoms with Crippen molar-refractivity contribution in [3.8, 4) is 0 Å². The van der Waals surface area contributed by atoms with Crippen LogP contribution in [0.15, 0.2) is 11.1 Å². The summed E-state index contributed by atoms with van der Waals surface area (Å²) in [6, 6.07) is 0. The molecule has 2 rings (SSSR count). The highest BCUT2D eigenvalue weighted by Crippen LogP contribution is 2.56. The third-order valence-corrected chi connectivity index (χ3v) is 5.94. The lowest BCUT2D eigenvalue weighted by molar-refractivity contribution is -0.141. The molecule has 114 valence electrons. The fourth-order valence-corrected chi connectivity index (χ4v) is 4.32. The smallest absolute Gasteiger partial charge is 0.302 e. The fourth-order valence-electron chi connectivity index (χ4n) is 4.32. The highest BCUT2D eigenvalue weighted by atomic mass is 16.5. The molecule has 20 heavy (non-hydrogen) atoms. The Morgan fingerprint density at radius 3 is 2.60 bits per heavy atom. The van der Waals surface area contributed by atoms with Gasteiger partial charge in [0.15, 0.2) is 0 Å². The van der Waals surface area contributed by atoms with Crippen LogP contribution in [0.3, 0.4) is 0 Å². The van der Waals surface area contributed by atoms with E-state index in [1.807, 2.05) is 0 Å². The van der Waals surface area contributed by atoms with Gasteiger partial charge in [0, 0.05) is 6.92 Å². The summed E-state index contributed by atoms with van der Waals surface area (Å²) in [5, 5.41) is 0. The largest absolute Gasteiger partial charge is 0.466 e. The van der Waals surface area contributed by atoms with Crippen LogP contribution in [0.1, 0.15) is 73.1 Å². The maximum absolute atomic E-state index is 11.0. The predicted molar refractivity (Wildman–Crippen MR) is 82.4 cm³/mol. The molecule has 0 aromatic heterocycles. The minimum atomic E-state index is -0.157. The van der Waals surface area contributed by atoms with Crippen molar-refractivity contribution < 1.29 is 9.53 Å². The van der Waals surface area contributed by atoms with Crippen LogP contribution >= 0.6 is 0 Å². The molecule has 0 aromatic rings. The maximum Gasteiger partial charge on any atom is 0.302 e. The van der Waals surface area contributed by atoms with Crippen molar-refractivity contribution >= 4 is 5.97 Å². The Labute approximate surface area is 124 Å². The summed E-state index contributed by atoms with van der Waals surface area (Å²) in [5.41, 5.74) is 4.00. The Balaban J connectivity index is 2.26. The molecule has 0 fully saturated rings. The molecule has 0 aliphatic heterocycles. The Kier molecular flexibility index (Phi) is 4.32. The van der Waals surface area contributed by atoms with Gasteiger partial charge in [-0.05, 0) is 55.3 Å². The maximum atomic E-state index is 11.0. The lowest BCUT2D eigenvalue weighted by Crippen LogP contribution is -2.38. The summed E-state index contributed by atoms with van der Waals surface area (Å²) >= 11 is 0. The van der Waals surface area contributed by atoms with Gasteiger partial charge in [-0.1, -0.05) is 38.8 Å². The molecule has 2 heteroatoms. The van der Waals surface area contributed by atoms with Gasteiger partial charge in [-0.3, -0.25) is 4.79 Å². The molecule has 0 amide bonds. The van der Waals surface area contributed by atoms with Gasteiger partial charge in [-0.15, -0.1) is 0 Å². The van der Waals surface area contributed by atoms with Gasteiger partial charge in [0.05, 0.1) is 6.61 Å². The van der Waals surface area contributed by atoms with Crippen LogP contribution in [0, 0.1) is 16.7 Å². The standard InChI is InChI=1S/C18H30O2/c1-13-8-9-15-16(7-6-10-17(15,3)4)18(13,5)11-12-20-14(2)19/h13H,6-12H2,1-5H3/t13-,18+/m0/s1. The first-order chi connectivity index (χ1) is 9.27. The lowest BCUT2D eigenvalue weighted by atomic mass is 9.56. The average molecular weight is 278 g/mol. The molecule has 0 radical (unpaired) electrons. The van der Waals surface area contributed by atoms with E-state index >= 15 is 0 Å². The van der Waals surface area contributed by atoms with Crippen molar-refractivity contribution in [1.29, 1.82) is 0 Å². The van der Waals surface area contributed by atoms with E-state index in [4.69, 9.17) is 4.74 Å². The molecular formula is C18H30O2. The van der Waals surface area contributed by atoms with Crippen molar-refractivity contribution in [2.45, 2.75) is 73.1 Å². The van der Waals surface area contributed by atoms with Crippen molar-refractivity contribution in [2.24, 2.45) is 16.7 Å². The molecule has 2 nitrogen and oxygen atoms in total. The zero-order valence-electron chi connectivity index (χ0n) is 13.8. The van der Waals surface area contributed by atoms with E-state index in [1.165, 1.54) is 39.0 Å². The number of allylic oxidation sites excluding steroid dienone is 2. The van der Waals surface area contributed by atoms with Crippen molar-refractivity contribution in [3.05, 3.63) is 11.1 Å². The summed E-state index contributed by atoms with van der Waals surface area (Å²) in [5.74, 6) is 0.529. The normalized spacial score (nSPS) is 32.8. The number of carbonyl (C=O) groups is 1. The van der Waals surface area contributed by atoms with Gasteiger partial charge in [-0.2, -0.15) is 0 Å². The summed E-state index contributed by atoms with van der Waals surface area (Å²) in [7, 11) is 0. The number of carbonyl (C=O) groups excluding carboxylic acids is 1. The van der Waals surface area contributed by atoms with Crippen molar-refractivity contribution in [1.82, 2.24) is 0 Å². The van der Waals surface area contributed by atoms with Gasteiger partial charge < -0.3 is 4.74 Å². The highest BCUT2D eigenvalue weighted by Gasteiger charge is 2.44. The first-order valence-electron chi connectivity index (χ1n) is 8.14. The second kappa shape index (κ2) is 5.54. The van der Waals surface area contributed by atoms with Crippen LogP contribution in [0.25, 0.3) is 0 Å².